The van der Waals surface area contributed by atoms with Crippen molar-refractivity contribution in [3.63, 3.8) is 0 Å². The molecule has 0 atom stereocenters. The summed E-state index contributed by atoms with van der Waals surface area (Å²) in [6.07, 6.45) is 13.4. The van der Waals surface area contributed by atoms with Gasteiger partial charge in [0.05, 0.1) is 22.8 Å². The van der Waals surface area contributed by atoms with Gasteiger partial charge in [-0.2, -0.15) is 0 Å². The van der Waals surface area contributed by atoms with E-state index in [9.17, 15) is 0 Å². The number of benzene rings is 2. The molecule has 166 valence electrons. The number of unbranched alkanes of at least 4 members (excludes halogenated alkanes) is 7. The van der Waals surface area contributed by atoms with Crippen molar-refractivity contribution in [2.24, 2.45) is 9.98 Å². The van der Waals surface area contributed by atoms with E-state index in [-0.39, 0.29) is 16.5 Å². The maximum Gasteiger partial charge on any atom is 0.0633 e. The third kappa shape index (κ3) is 10.9. The van der Waals surface area contributed by atoms with E-state index >= 15 is 0 Å². The summed E-state index contributed by atoms with van der Waals surface area (Å²) in [7, 11) is 0. The molecule has 0 aromatic heterocycles. The molecule has 0 spiro atoms. The van der Waals surface area contributed by atoms with Crippen LogP contribution in [0.15, 0.2) is 70.6 Å². The molecule has 2 nitrogen and oxygen atoms in total. The second kappa shape index (κ2) is 17.0. The first-order chi connectivity index (χ1) is 14.3. The maximum absolute atomic E-state index is 5.05. The summed E-state index contributed by atoms with van der Waals surface area (Å²) in [5.74, 6) is 0. The van der Waals surface area contributed by atoms with Crippen LogP contribution >= 0.6 is 0 Å². The van der Waals surface area contributed by atoms with Gasteiger partial charge in [0.1, 0.15) is 0 Å². The quantitative estimate of drug-likeness (QED) is 0.156. The number of para-hydroxylation sites is 2. The number of nitrogens with zero attached hydrogens (tertiary/aromatic N) is 2. The summed E-state index contributed by atoms with van der Waals surface area (Å²) in [4.78, 5) is 10.1. The van der Waals surface area contributed by atoms with E-state index < -0.39 is 0 Å². The van der Waals surface area contributed by atoms with Crippen LogP contribution in [-0.2, 0) is 16.5 Å². The van der Waals surface area contributed by atoms with Crippen LogP contribution in [0.3, 0.4) is 0 Å². The molecule has 30 heavy (non-hydrogen) atoms. The topological polar surface area (TPSA) is 24.7 Å². The van der Waals surface area contributed by atoms with E-state index in [1.807, 2.05) is 12.1 Å². The molecule has 2 aromatic rings. The largest absolute Gasteiger partial charge is 0.252 e. The zero-order valence-corrected chi connectivity index (χ0v) is 19.7. The molecular weight excluding hydrogens is 411 g/mol. The van der Waals surface area contributed by atoms with E-state index in [4.69, 9.17) is 9.98 Å². The van der Waals surface area contributed by atoms with Crippen molar-refractivity contribution < 1.29 is 16.5 Å². The summed E-state index contributed by atoms with van der Waals surface area (Å²) >= 11 is 0. The monoisotopic (exact) mass is 448 g/mol. The van der Waals surface area contributed by atoms with Gasteiger partial charge >= 0.3 is 0 Å². The Balaban J connectivity index is 0.00000450. The van der Waals surface area contributed by atoms with Crippen molar-refractivity contribution >= 4 is 22.8 Å². The minimum Gasteiger partial charge on any atom is -0.252 e. The molecule has 0 N–H and O–H groups in total. The molecule has 0 saturated carbocycles. The van der Waals surface area contributed by atoms with Crippen molar-refractivity contribution in [3.8, 4) is 0 Å². The van der Waals surface area contributed by atoms with Gasteiger partial charge in [0.25, 0.3) is 0 Å². The summed E-state index contributed by atoms with van der Waals surface area (Å²) in [6.45, 7) is 4.52. The summed E-state index contributed by atoms with van der Waals surface area (Å²) in [5, 5.41) is 0. The number of hydrogen-bond donors (Lipinski definition) is 0. The SMILES string of the molecule is CCCCCCCCC(=N\c1ccccc1)/C(CCCCC)=N/c1ccccc1.[Ni]. The molecule has 0 radical (unpaired) electrons. The van der Waals surface area contributed by atoms with Gasteiger partial charge in [0, 0.05) is 16.5 Å². The molecule has 0 unspecified atom stereocenters. The van der Waals surface area contributed by atoms with Gasteiger partial charge in [-0.3, -0.25) is 9.98 Å². The molecule has 2 aromatic carbocycles. The van der Waals surface area contributed by atoms with Crippen LogP contribution in [0.4, 0.5) is 11.4 Å². The Bertz CT molecular complexity index is 723. The third-order valence-electron chi connectivity index (χ3n) is 5.16. The average Bonchev–Trinajstić information content (AvgIpc) is 2.76. The molecule has 3 heteroatoms. The van der Waals surface area contributed by atoms with Gasteiger partial charge in [-0.15, -0.1) is 0 Å². The normalized spacial score (nSPS) is 11.9. The van der Waals surface area contributed by atoms with E-state index in [0.717, 1.165) is 24.2 Å². The second-order valence-electron chi connectivity index (χ2n) is 7.76. The van der Waals surface area contributed by atoms with Gasteiger partial charge in [-0.25, -0.2) is 0 Å². The van der Waals surface area contributed by atoms with Crippen LogP contribution in [0.1, 0.15) is 84.5 Å². The molecule has 0 aliphatic heterocycles. The van der Waals surface area contributed by atoms with E-state index in [0.29, 0.717) is 0 Å². The predicted molar refractivity (Wildman–Crippen MR) is 129 cm³/mol. The van der Waals surface area contributed by atoms with Gasteiger partial charge in [0.15, 0.2) is 0 Å². The maximum atomic E-state index is 5.05. The Hall–Kier alpha value is -1.73. The standard InChI is InChI=1S/C27H38N2.Ni/c1-3-5-7-8-9-17-23-27(29-25-20-15-11-16-21-25)26(22-12-6-4-2)28-24-18-13-10-14-19-24;/h10-11,13-16,18-21H,3-9,12,17,22-23H2,1-2H3;/b28-26+,29-27+;. The van der Waals surface area contributed by atoms with Crippen molar-refractivity contribution in [2.75, 3.05) is 0 Å². The first kappa shape index (κ1) is 26.3. The fourth-order valence-electron chi connectivity index (χ4n) is 3.46. The molecule has 0 aliphatic rings. The second-order valence-corrected chi connectivity index (χ2v) is 7.76. The Morgan fingerprint density at radius 3 is 1.37 bits per heavy atom. The summed E-state index contributed by atoms with van der Waals surface area (Å²) < 4.78 is 0. The number of hydrogen-bond acceptors (Lipinski definition) is 2. The van der Waals surface area contributed by atoms with Crippen molar-refractivity contribution in [3.05, 3.63) is 60.7 Å². The van der Waals surface area contributed by atoms with Crippen LogP contribution < -0.4 is 0 Å². The third-order valence-corrected chi connectivity index (χ3v) is 5.16. The van der Waals surface area contributed by atoms with Gasteiger partial charge < -0.3 is 0 Å². The van der Waals surface area contributed by atoms with Gasteiger partial charge in [0.2, 0.25) is 0 Å². The number of rotatable bonds is 14. The first-order valence-electron chi connectivity index (χ1n) is 11.6. The molecule has 0 heterocycles. The van der Waals surface area contributed by atoms with Crippen molar-refractivity contribution in [1.82, 2.24) is 0 Å². The Morgan fingerprint density at radius 1 is 0.533 bits per heavy atom. The molecule has 2 rings (SSSR count). The van der Waals surface area contributed by atoms with Crippen LogP contribution in [0.2, 0.25) is 0 Å². The van der Waals surface area contributed by atoms with Crippen LogP contribution in [-0.4, -0.2) is 11.4 Å². The smallest absolute Gasteiger partial charge is 0.0633 e. The van der Waals surface area contributed by atoms with Crippen LogP contribution in [0.5, 0.6) is 0 Å². The molecule has 0 saturated heterocycles. The van der Waals surface area contributed by atoms with E-state index in [1.165, 1.54) is 69.2 Å². The Morgan fingerprint density at radius 2 is 0.900 bits per heavy atom. The molecule has 0 aliphatic carbocycles. The fraction of sp³-hybridized carbons (Fsp3) is 0.481. The Kier molecular flexibility index (Phi) is 14.9. The zero-order chi connectivity index (χ0) is 20.6. The minimum atomic E-state index is 0. The average molecular weight is 449 g/mol. The van der Waals surface area contributed by atoms with Crippen molar-refractivity contribution in [2.45, 2.75) is 84.5 Å². The first-order valence-corrected chi connectivity index (χ1v) is 11.6. The number of aliphatic imine (C=N–C) groups is 2. The minimum absolute atomic E-state index is 0. The predicted octanol–water partition coefficient (Wildman–Crippen LogP) is 8.86. The van der Waals surface area contributed by atoms with Crippen molar-refractivity contribution in [1.29, 1.82) is 0 Å². The molecular formula is C27H38N2Ni. The fourth-order valence-corrected chi connectivity index (χ4v) is 3.46. The van der Waals surface area contributed by atoms with Crippen LogP contribution in [0, 0.1) is 0 Å². The van der Waals surface area contributed by atoms with E-state index in [1.54, 1.807) is 0 Å². The zero-order valence-electron chi connectivity index (χ0n) is 18.8. The molecule has 0 amide bonds. The van der Waals surface area contributed by atoms with Gasteiger partial charge in [-0.1, -0.05) is 95.2 Å². The summed E-state index contributed by atoms with van der Waals surface area (Å²) in [6, 6.07) is 20.7. The Labute approximate surface area is 194 Å². The van der Waals surface area contributed by atoms with E-state index in [2.05, 4.69) is 62.4 Å². The summed E-state index contributed by atoms with van der Waals surface area (Å²) in [5.41, 5.74) is 4.40. The van der Waals surface area contributed by atoms with Gasteiger partial charge in [-0.05, 0) is 49.9 Å². The molecule has 0 fully saturated rings. The molecule has 0 bridgehead atoms. The van der Waals surface area contributed by atoms with Crippen LogP contribution in [0.25, 0.3) is 0 Å².